The minimum absolute atomic E-state index is 0.118. The van der Waals surface area contributed by atoms with Crippen LogP contribution in [0.5, 0.6) is 5.75 Å². The molecule has 0 spiro atoms. The van der Waals surface area contributed by atoms with E-state index in [1.807, 2.05) is 26.0 Å². The summed E-state index contributed by atoms with van der Waals surface area (Å²) in [5.41, 5.74) is 10.7. The Bertz CT molecular complexity index is 1620. The number of nitrogens with two attached hydrogens (primary N) is 1. The SMILES string of the molecule is C=C(F)C(=O)Nc1ccc(-c2nn3ncnc(N)c3c2-c2ccc(C(=O)NC3(C)CC3)c(C)c2)c(OC)c1. The molecular weight excluding hydrogens is 489 g/mol. The van der Waals surface area contributed by atoms with Gasteiger partial charge in [0.25, 0.3) is 11.8 Å². The fraction of sp³-hybridized carbons (Fsp3) is 0.222. The van der Waals surface area contributed by atoms with Crippen LogP contribution in [0.2, 0.25) is 0 Å². The molecule has 0 aliphatic heterocycles. The molecule has 1 aliphatic carbocycles. The van der Waals surface area contributed by atoms with Crippen LogP contribution in [0.1, 0.15) is 35.7 Å². The lowest BCUT2D eigenvalue weighted by Crippen LogP contribution is -2.34. The van der Waals surface area contributed by atoms with Gasteiger partial charge in [0.2, 0.25) is 0 Å². The van der Waals surface area contributed by atoms with Crippen LogP contribution in [0, 0.1) is 6.92 Å². The van der Waals surface area contributed by atoms with Crippen LogP contribution in [0.25, 0.3) is 27.9 Å². The highest BCUT2D eigenvalue weighted by atomic mass is 19.1. The standard InChI is InChI=1S/C27H26FN7O3/c1-14-11-16(5-7-18(14)26(37)33-27(3)9-10-27)21-22(34-35-23(21)24(29)30-13-31-35)19-8-6-17(12-20(19)38-4)32-25(36)15(2)28/h5-8,11-13H,2,9-10H2,1,3-4H3,(H,32,36)(H,33,37)(H2,29,30,31). The first-order valence-electron chi connectivity index (χ1n) is 11.9. The maximum atomic E-state index is 13.2. The Morgan fingerprint density at radius 2 is 1.97 bits per heavy atom. The molecule has 1 fully saturated rings. The zero-order valence-electron chi connectivity index (χ0n) is 21.1. The maximum absolute atomic E-state index is 13.2. The van der Waals surface area contributed by atoms with Gasteiger partial charge >= 0.3 is 0 Å². The predicted octanol–water partition coefficient (Wildman–Crippen LogP) is 4.06. The number of ether oxygens (including phenoxy) is 1. The third kappa shape index (κ3) is 4.54. The van der Waals surface area contributed by atoms with E-state index in [-0.39, 0.29) is 17.3 Å². The zero-order valence-corrected chi connectivity index (χ0v) is 21.1. The van der Waals surface area contributed by atoms with E-state index in [2.05, 4.69) is 32.4 Å². The van der Waals surface area contributed by atoms with Crippen LogP contribution >= 0.6 is 0 Å². The van der Waals surface area contributed by atoms with Gasteiger partial charge in [-0.3, -0.25) is 9.59 Å². The number of nitrogen functional groups attached to an aromatic ring is 1. The van der Waals surface area contributed by atoms with Gasteiger partial charge in [0.15, 0.2) is 11.6 Å². The van der Waals surface area contributed by atoms with E-state index in [1.165, 1.54) is 18.1 Å². The van der Waals surface area contributed by atoms with Gasteiger partial charge in [-0.25, -0.2) is 9.37 Å². The fourth-order valence-electron chi connectivity index (χ4n) is 4.27. The van der Waals surface area contributed by atoms with Crippen molar-refractivity contribution in [2.45, 2.75) is 32.2 Å². The van der Waals surface area contributed by atoms with E-state index in [4.69, 9.17) is 10.5 Å². The molecule has 2 aromatic heterocycles. The molecule has 4 N–H and O–H groups in total. The van der Waals surface area contributed by atoms with E-state index in [1.54, 1.807) is 24.3 Å². The number of benzene rings is 2. The van der Waals surface area contributed by atoms with Crippen molar-refractivity contribution in [3.05, 3.63) is 66.3 Å². The molecule has 1 aliphatic rings. The summed E-state index contributed by atoms with van der Waals surface area (Å²) < 4.78 is 20.2. The molecule has 0 atom stereocenters. The smallest absolute Gasteiger partial charge is 0.283 e. The number of aromatic nitrogens is 4. The summed E-state index contributed by atoms with van der Waals surface area (Å²) in [7, 11) is 1.47. The van der Waals surface area contributed by atoms with E-state index in [0.29, 0.717) is 39.3 Å². The molecule has 194 valence electrons. The lowest BCUT2D eigenvalue weighted by Gasteiger charge is -2.14. The highest BCUT2D eigenvalue weighted by molar-refractivity contribution is 6.03. The normalized spacial score (nSPS) is 13.7. The van der Waals surface area contributed by atoms with Gasteiger partial charge in [-0.2, -0.15) is 0 Å². The summed E-state index contributed by atoms with van der Waals surface area (Å²) in [5.74, 6) is -1.59. The first-order valence-corrected chi connectivity index (χ1v) is 11.9. The number of carbonyl (C=O) groups excluding carboxylic acids is 2. The van der Waals surface area contributed by atoms with E-state index >= 15 is 0 Å². The van der Waals surface area contributed by atoms with Gasteiger partial charge in [-0.05, 0) is 56.0 Å². The largest absolute Gasteiger partial charge is 0.496 e. The number of aryl methyl sites for hydroxylation is 1. The summed E-state index contributed by atoms with van der Waals surface area (Å²) in [6.45, 7) is 6.91. The zero-order chi connectivity index (χ0) is 27.2. The molecule has 2 aromatic carbocycles. The number of fused-ring (bicyclic) bond motifs is 1. The van der Waals surface area contributed by atoms with Crippen LogP contribution < -0.4 is 21.1 Å². The molecule has 0 saturated heterocycles. The van der Waals surface area contributed by atoms with E-state index in [9.17, 15) is 14.0 Å². The fourth-order valence-corrected chi connectivity index (χ4v) is 4.27. The molecule has 0 radical (unpaired) electrons. The third-order valence-electron chi connectivity index (χ3n) is 6.60. The summed E-state index contributed by atoms with van der Waals surface area (Å²) in [6.07, 6.45) is 3.24. The number of rotatable bonds is 7. The molecule has 5 rings (SSSR count). The van der Waals surface area contributed by atoms with Crippen molar-refractivity contribution in [2.24, 2.45) is 0 Å². The highest BCUT2D eigenvalue weighted by Crippen LogP contribution is 2.41. The van der Waals surface area contributed by atoms with Crippen LogP contribution in [0.3, 0.4) is 0 Å². The lowest BCUT2D eigenvalue weighted by atomic mass is 9.95. The Morgan fingerprint density at radius 3 is 2.63 bits per heavy atom. The van der Waals surface area contributed by atoms with Gasteiger partial charge in [-0.15, -0.1) is 14.8 Å². The molecule has 0 bridgehead atoms. The van der Waals surface area contributed by atoms with Gasteiger partial charge in [0.1, 0.15) is 23.3 Å². The number of nitrogens with one attached hydrogen (secondary N) is 2. The Balaban J connectivity index is 1.63. The van der Waals surface area contributed by atoms with Gasteiger partial charge in [-0.1, -0.05) is 18.7 Å². The molecule has 1 saturated carbocycles. The summed E-state index contributed by atoms with van der Waals surface area (Å²) >= 11 is 0. The van der Waals surface area contributed by atoms with Crippen molar-refractivity contribution in [2.75, 3.05) is 18.2 Å². The van der Waals surface area contributed by atoms with Gasteiger partial charge in [0.05, 0.1) is 7.11 Å². The number of nitrogens with zero attached hydrogens (tertiary/aromatic N) is 4. The maximum Gasteiger partial charge on any atom is 0.283 e. The second-order valence-electron chi connectivity index (χ2n) is 9.53. The summed E-state index contributed by atoms with van der Waals surface area (Å²) in [4.78, 5) is 28.8. The number of hydrogen-bond acceptors (Lipinski definition) is 7. The molecule has 11 heteroatoms. The third-order valence-corrected chi connectivity index (χ3v) is 6.60. The van der Waals surface area contributed by atoms with E-state index < -0.39 is 11.7 Å². The Morgan fingerprint density at radius 1 is 1.21 bits per heavy atom. The Kier molecular flexibility index (Phi) is 6.06. The van der Waals surface area contributed by atoms with Crippen molar-refractivity contribution in [1.29, 1.82) is 0 Å². The number of methoxy groups -OCH3 is 1. The number of carbonyl (C=O) groups is 2. The van der Waals surface area contributed by atoms with Crippen LogP contribution in [0.15, 0.2) is 55.1 Å². The second-order valence-corrected chi connectivity index (χ2v) is 9.53. The topological polar surface area (TPSA) is 137 Å². The lowest BCUT2D eigenvalue weighted by molar-refractivity contribution is -0.114. The minimum Gasteiger partial charge on any atom is -0.496 e. The minimum atomic E-state index is -1.11. The summed E-state index contributed by atoms with van der Waals surface area (Å²) in [5, 5.41) is 14.4. The average Bonchev–Trinajstić information content (AvgIpc) is 3.46. The number of halogens is 1. The predicted molar refractivity (Wildman–Crippen MR) is 141 cm³/mol. The molecule has 4 aromatic rings. The first-order chi connectivity index (χ1) is 18.1. The van der Waals surface area contributed by atoms with Crippen molar-refractivity contribution >= 4 is 28.8 Å². The number of hydrogen-bond donors (Lipinski definition) is 3. The van der Waals surface area contributed by atoms with Gasteiger partial charge in [0, 0.05) is 34.0 Å². The summed E-state index contributed by atoms with van der Waals surface area (Å²) in [6, 6.07) is 10.3. The van der Waals surface area contributed by atoms with Crippen LogP contribution in [-0.2, 0) is 4.79 Å². The first kappa shape index (κ1) is 24.9. The molecule has 2 amide bonds. The number of anilines is 2. The molecular formula is C27H26FN7O3. The van der Waals surface area contributed by atoms with Crippen molar-refractivity contribution in [3.63, 3.8) is 0 Å². The molecule has 38 heavy (non-hydrogen) atoms. The van der Waals surface area contributed by atoms with Crippen LogP contribution in [0.4, 0.5) is 15.9 Å². The monoisotopic (exact) mass is 515 g/mol. The Hall–Kier alpha value is -4.80. The molecule has 0 unspecified atom stereocenters. The Labute approximate surface area is 217 Å². The van der Waals surface area contributed by atoms with Crippen molar-refractivity contribution in [3.8, 4) is 28.1 Å². The quantitative estimate of drug-likeness (QED) is 0.316. The van der Waals surface area contributed by atoms with Gasteiger partial charge < -0.3 is 21.1 Å². The molecule has 2 heterocycles. The average molecular weight is 516 g/mol. The second kappa shape index (κ2) is 9.25. The molecule has 10 nitrogen and oxygen atoms in total. The highest BCUT2D eigenvalue weighted by Gasteiger charge is 2.39. The van der Waals surface area contributed by atoms with Crippen molar-refractivity contribution in [1.82, 2.24) is 25.1 Å². The van der Waals surface area contributed by atoms with E-state index in [0.717, 1.165) is 24.0 Å². The van der Waals surface area contributed by atoms with Crippen molar-refractivity contribution < 1.29 is 18.7 Å². The number of amides is 2. The van der Waals surface area contributed by atoms with Crippen LogP contribution in [-0.4, -0.2) is 44.3 Å².